The van der Waals surface area contributed by atoms with Crippen molar-refractivity contribution >= 4 is 5.82 Å². The van der Waals surface area contributed by atoms with Crippen molar-refractivity contribution in [2.75, 3.05) is 0 Å². The third-order valence-corrected chi connectivity index (χ3v) is 1.22. The van der Waals surface area contributed by atoms with Gasteiger partial charge in [0, 0.05) is 0 Å². The van der Waals surface area contributed by atoms with E-state index in [2.05, 4.69) is 35.5 Å². The zero-order valence-electron chi connectivity index (χ0n) is 5.63. The van der Waals surface area contributed by atoms with Gasteiger partial charge in [0.05, 0.1) is 6.20 Å². The lowest BCUT2D eigenvalue weighted by Gasteiger charge is -1.80. The van der Waals surface area contributed by atoms with Gasteiger partial charge in [0.2, 0.25) is 0 Å². The number of rotatable bonds is 2. The number of hydrogen-bond donors (Lipinski definition) is 1. The molecule has 0 bridgehead atoms. The van der Waals surface area contributed by atoms with Crippen molar-refractivity contribution in [1.29, 1.82) is 0 Å². The van der Waals surface area contributed by atoms with E-state index in [-0.39, 0.29) is 11.5 Å². The summed E-state index contributed by atoms with van der Waals surface area (Å²) in [5.41, 5.74) is 0.546. The van der Waals surface area contributed by atoms with E-state index >= 15 is 0 Å². The maximum absolute atomic E-state index is 10.1. The number of aromatic nitrogens is 5. The van der Waals surface area contributed by atoms with Crippen LogP contribution in [0, 0.1) is 4.91 Å². The van der Waals surface area contributed by atoms with E-state index in [1.807, 2.05) is 0 Å². The van der Waals surface area contributed by atoms with Crippen molar-refractivity contribution in [1.82, 2.24) is 25.7 Å². The number of nitrogens with one attached hydrogen (secondary N) is 1. The summed E-state index contributed by atoms with van der Waals surface area (Å²) in [4.78, 5) is 10.1. The molecule has 12 heavy (non-hydrogen) atoms. The van der Waals surface area contributed by atoms with Crippen LogP contribution in [-0.2, 0) is 0 Å². The lowest BCUT2D eigenvalue weighted by Crippen LogP contribution is -1.77. The normalized spacial score (nSPS) is 10.0. The molecule has 2 aromatic heterocycles. The molecule has 0 amide bonds. The van der Waals surface area contributed by atoms with Gasteiger partial charge >= 0.3 is 0 Å². The fourth-order valence-corrected chi connectivity index (χ4v) is 0.721. The first-order valence-electron chi connectivity index (χ1n) is 2.94. The Labute approximate surface area is 64.9 Å². The third-order valence-electron chi connectivity index (χ3n) is 1.22. The summed E-state index contributed by atoms with van der Waals surface area (Å²) < 4.78 is 4.28. The first-order valence-corrected chi connectivity index (χ1v) is 2.94. The molecule has 2 aromatic rings. The highest BCUT2D eigenvalue weighted by molar-refractivity contribution is 5.63. The molecular formula is C4H2N6O2. The van der Waals surface area contributed by atoms with Gasteiger partial charge in [-0.1, -0.05) is 0 Å². The van der Waals surface area contributed by atoms with Gasteiger partial charge in [-0.2, -0.15) is 15.4 Å². The predicted molar refractivity (Wildman–Crippen MR) is 35.1 cm³/mol. The molecule has 0 unspecified atom stereocenters. The van der Waals surface area contributed by atoms with Gasteiger partial charge in [-0.25, -0.2) is 4.63 Å². The Morgan fingerprint density at radius 3 is 3.08 bits per heavy atom. The molecule has 0 aliphatic rings. The lowest BCUT2D eigenvalue weighted by molar-refractivity contribution is 0.309. The second-order valence-electron chi connectivity index (χ2n) is 1.88. The van der Waals surface area contributed by atoms with E-state index in [0.717, 1.165) is 0 Å². The molecule has 8 nitrogen and oxygen atoms in total. The Bertz CT molecular complexity index is 378. The molecule has 0 aliphatic heterocycles. The smallest absolute Gasteiger partial charge is 0.241 e. The Morgan fingerprint density at radius 2 is 2.42 bits per heavy atom. The summed E-state index contributed by atoms with van der Waals surface area (Å²) in [6, 6.07) is 0. The minimum absolute atomic E-state index is 0.135. The highest BCUT2D eigenvalue weighted by Crippen LogP contribution is 2.22. The largest absolute Gasteiger partial charge is 0.269 e. The van der Waals surface area contributed by atoms with Crippen LogP contribution >= 0.6 is 0 Å². The molecule has 0 atom stereocenters. The topological polar surface area (TPSA) is 110 Å². The van der Waals surface area contributed by atoms with Crippen LogP contribution in [0.15, 0.2) is 16.0 Å². The molecule has 60 valence electrons. The number of hydrogen-bond acceptors (Lipinski definition) is 7. The molecule has 0 fully saturated rings. The van der Waals surface area contributed by atoms with E-state index < -0.39 is 0 Å². The Morgan fingerprint density at radius 1 is 1.50 bits per heavy atom. The van der Waals surface area contributed by atoms with Crippen LogP contribution in [-0.4, -0.2) is 25.7 Å². The van der Waals surface area contributed by atoms with Crippen LogP contribution in [0.2, 0.25) is 0 Å². The van der Waals surface area contributed by atoms with Crippen LogP contribution in [0.4, 0.5) is 5.82 Å². The number of aromatic amines is 1. The summed E-state index contributed by atoms with van der Waals surface area (Å²) in [5, 5.41) is 18.8. The van der Waals surface area contributed by atoms with Gasteiger partial charge in [0.25, 0.3) is 5.82 Å². The van der Waals surface area contributed by atoms with Crippen molar-refractivity contribution in [3.05, 3.63) is 11.1 Å². The second-order valence-corrected chi connectivity index (χ2v) is 1.88. The van der Waals surface area contributed by atoms with Crippen LogP contribution in [0.5, 0.6) is 0 Å². The van der Waals surface area contributed by atoms with Gasteiger partial charge in [-0.3, -0.25) is 0 Å². The summed E-state index contributed by atoms with van der Waals surface area (Å²) in [6.45, 7) is 0. The second kappa shape index (κ2) is 2.49. The third kappa shape index (κ3) is 0.856. The lowest BCUT2D eigenvalue weighted by atomic mass is 10.3. The first kappa shape index (κ1) is 6.58. The van der Waals surface area contributed by atoms with Gasteiger partial charge < -0.3 is 0 Å². The van der Waals surface area contributed by atoms with E-state index in [0.29, 0.717) is 5.69 Å². The number of nitroso groups, excluding NO2 is 1. The van der Waals surface area contributed by atoms with Gasteiger partial charge in [0.15, 0.2) is 5.69 Å². The zero-order valence-corrected chi connectivity index (χ0v) is 5.63. The fourth-order valence-electron chi connectivity index (χ4n) is 0.721. The highest BCUT2D eigenvalue weighted by Gasteiger charge is 2.14. The van der Waals surface area contributed by atoms with Crippen LogP contribution in [0.3, 0.4) is 0 Å². The van der Waals surface area contributed by atoms with Crippen molar-refractivity contribution in [3.8, 4) is 11.4 Å². The molecule has 0 spiro atoms. The van der Waals surface area contributed by atoms with Crippen molar-refractivity contribution in [3.63, 3.8) is 0 Å². The minimum Gasteiger partial charge on any atom is -0.241 e. The van der Waals surface area contributed by atoms with E-state index in [4.69, 9.17) is 0 Å². The monoisotopic (exact) mass is 166 g/mol. The van der Waals surface area contributed by atoms with E-state index in [1.165, 1.54) is 6.20 Å². The van der Waals surface area contributed by atoms with Gasteiger partial charge in [0.1, 0.15) is 5.69 Å². The number of H-pyrrole nitrogens is 1. The predicted octanol–water partition coefficient (Wildman–Crippen LogP) is 0.253. The maximum Gasteiger partial charge on any atom is 0.269 e. The summed E-state index contributed by atoms with van der Waals surface area (Å²) in [6.07, 6.45) is 1.38. The molecule has 8 heteroatoms. The quantitative estimate of drug-likeness (QED) is 0.640. The molecule has 0 radical (unpaired) electrons. The Kier molecular flexibility index (Phi) is 1.37. The molecular weight excluding hydrogens is 164 g/mol. The Balaban J connectivity index is 2.53. The molecule has 2 heterocycles. The molecule has 0 aliphatic carbocycles. The Hall–Kier alpha value is -2.12. The average molecular weight is 166 g/mol. The minimum atomic E-state index is -0.135. The molecule has 2 rings (SSSR count). The van der Waals surface area contributed by atoms with Crippen molar-refractivity contribution in [2.45, 2.75) is 0 Å². The molecule has 0 saturated heterocycles. The van der Waals surface area contributed by atoms with E-state index in [9.17, 15) is 4.91 Å². The molecule has 0 saturated carbocycles. The van der Waals surface area contributed by atoms with Crippen molar-refractivity contribution in [2.24, 2.45) is 5.18 Å². The van der Waals surface area contributed by atoms with E-state index in [1.54, 1.807) is 0 Å². The van der Waals surface area contributed by atoms with Gasteiger partial charge in [-0.05, 0) is 15.5 Å². The SMILES string of the molecule is O=Nc1nonc1-c1cn[nH]n1. The standard InChI is InChI=1S/C4H2N6O2/c11-7-4-3(8-12-9-4)2-1-5-10-6-2/h1H,(H,5,6,10). The molecule has 1 N–H and O–H groups in total. The first-order chi connectivity index (χ1) is 5.92. The summed E-state index contributed by atoms with van der Waals surface area (Å²) in [5.74, 6) is -0.135. The van der Waals surface area contributed by atoms with Crippen LogP contribution in [0.25, 0.3) is 11.4 Å². The molecule has 0 aromatic carbocycles. The highest BCUT2D eigenvalue weighted by atomic mass is 16.6. The fraction of sp³-hybridized carbons (Fsp3) is 0. The van der Waals surface area contributed by atoms with Crippen LogP contribution in [0.1, 0.15) is 0 Å². The number of nitrogens with zero attached hydrogens (tertiary/aromatic N) is 5. The average Bonchev–Trinajstić information content (AvgIpc) is 2.74. The summed E-state index contributed by atoms with van der Waals surface area (Å²) >= 11 is 0. The summed E-state index contributed by atoms with van der Waals surface area (Å²) in [7, 11) is 0. The van der Waals surface area contributed by atoms with Gasteiger partial charge in [-0.15, -0.1) is 4.91 Å². The van der Waals surface area contributed by atoms with Crippen LogP contribution < -0.4 is 0 Å². The zero-order chi connectivity index (χ0) is 8.39. The maximum atomic E-state index is 10.1. The van der Waals surface area contributed by atoms with Crippen molar-refractivity contribution < 1.29 is 4.63 Å².